The third-order valence-corrected chi connectivity index (χ3v) is 8.40. The maximum Gasteiger partial charge on any atom is 0.328 e. The number of carbonyl (C=O) groups excluding carboxylic acids is 1. The Morgan fingerprint density at radius 3 is 2.79 bits per heavy atom. The molecular formula is C17H18N6O9S. The number of oxime groups is 1. The number of β-lactam (4-membered cyclic amide) rings is 1. The first-order valence-electron chi connectivity index (χ1n) is 9.42. The molecule has 2 aromatic rings. The van der Waals surface area contributed by atoms with Crippen molar-refractivity contribution in [3.8, 4) is 5.75 Å². The highest BCUT2D eigenvalue weighted by atomic mass is 32.2. The third-order valence-electron chi connectivity index (χ3n) is 5.64. The molecule has 2 aliphatic heterocycles. The fourth-order valence-corrected chi connectivity index (χ4v) is 6.28. The van der Waals surface area contributed by atoms with Gasteiger partial charge < -0.3 is 25.2 Å². The quantitative estimate of drug-likeness (QED) is 0.172. The Labute approximate surface area is 185 Å². The molecule has 0 radical (unpaired) electrons. The average molecular weight is 482 g/mol. The van der Waals surface area contributed by atoms with Crippen molar-refractivity contribution in [2.45, 2.75) is 42.7 Å². The summed E-state index contributed by atoms with van der Waals surface area (Å²) in [5.41, 5.74) is -0.559. The Kier molecular flexibility index (Phi) is 5.11. The molecule has 1 amide bonds. The van der Waals surface area contributed by atoms with Gasteiger partial charge in [0.05, 0.1) is 31.6 Å². The van der Waals surface area contributed by atoms with Crippen molar-refractivity contribution in [1.82, 2.24) is 24.6 Å². The molecule has 0 aromatic carbocycles. The Morgan fingerprint density at radius 2 is 2.12 bits per heavy atom. The molecular weight excluding hydrogens is 464 g/mol. The van der Waals surface area contributed by atoms with Gasteiger partial charge in [0.25, 0.3) is 0 Å². The Balaban J connectivity index is 1.46. The van der Waals surface area contributed by atoms with Crippen molar-refractivity contribution in [2.24, 2.45) is 5.16 Å². The van der Waals surface area contributed by atoms with Gasteiger partial charge in [0.2, 0.25) is 11.3 Å². The summed E-state index contributed by atoms with van der Waals surface area (Å²) in [7, 11) is -4.00. The number of pyridine rings is 1. The summed E-state index contributed by atoms with van der Waals surface area (Å²) < 4.78 is 25.7. The number of fused-ring (bicyclic) bond motifs is 1. The first-order chi connectivity index (χ1) is 15.5. The van der Waals surface area contributed by atoms with Crippen LogP contribution in [0, 0.1) is 0 Å². The Hall–Kier alpha value is -3.95. The van der Waals surface area contributed by atoms with Crippen LogP contribution < -0.4 is 5.43 Å². The number of carboxylic acid groups (broad SMARTS) is 1. The SMILES string of the molecule is C[C@]1(Cn2cc(/C=N/OCc3cc(=O)c(O)cn3O)nn2)[C@H](C(=O)O)N2C(=O)C[C@H]2S1(=O)=O. The number of aliphatic carboxylic acids is 1. The molecule has 4 rings (SSSR count). The summed E-state index contributed by atoms with van der Waals surface area (Å²) in [5, 5.41) is 38.4. The molecule has 33 heavy (non-hydrogen) atoms. The fourth-order valence-electron chi connectivity index (χ4n) is 3.92. The lowest BCUT2D eigenvalue weighted by Crippen LogP contribution is -2.58. The summed E-state index contributed by atoms with van der Waals surface area (Å²) in [6.07, 6.45) is 2.98. The van der Waals surface area contributed by atoms with Gasteiger partial charge in [-0.05, 0) is 6.92 Å². The van der Waals surface area contributed by atoms with Crippen LogP contribution >= 0.6 is 0 Å². The third kappa shape index (κ3) is 3.47. The lowest BCUT2D eigenvalue weighted by molar-refractivity contribution is -0.157. The van der Waals surface area contributed by atoms with E-state index < -0.39 is 49.1 Å². The molecule has 16 heteroatoms. The van der Waals surface area contributed by atoms with Crippen LogP contribution in [-0.4, -0.2) is 82.7 Å². The molecule has 4 heterocycles. The number of sulfone groups is 1. The van der Waals surface area contributed by atoms with Crippen molar-refractivity contribution >= 4 is 27.9 Å². The maximum absolute atomic E-state index is 12.9. The summed E-state index contributed by atoms with van der Waals surface area (Å²) in [4.78, 5) is 40.9. The highest BCUT2D eigenvalue weighted by Crippen LogP contribution is 2.46. The topological polar surface area (TPSA) is 207 Å². The van der Waals surface area contributed by atoms with Crippen LogP contribution in [0.25, 0.3) is 0 Å². The smallest absolute Gasteiger partial charge is 0.328 e. The van der Waals surface area contributed by atoms with E-state index in [9.17, 15) is 38.2 Å². The van der Waals surface area contributed by atoms with Gasteiger partial charge in [-0.1, -0.05) is 10.4 Å². The van der Waals surface area contributed by atoms with Crippen LogP contribution in [0.5, 0.6) is 5.75 Å². The predicted octanol–water partition coefficient (Wildman–Crippen LogP) is -1.87. The molecule has 0 saturated carbocycles. The van der Waals surface area contributed by atoms with Gasteiger partial charge in [0.15, 0.2) is 28.2 Å². The zero-order valence-electron chi connectivity index (χ0n) is 17.0. The van der Waals surface area contributed by atoms with Crippen LogP contribution in [0.3, 0.4) is 0 Å². The van der Waals surface area contributed by atoms with Crippen molar-refractivity contribution in [1.29, 1.82) is 0 Å². The maximum atomic E-state index is 12.9. The lowest BCUT2D eigenvalue weighted by Gasteiger charge is -2.35. The highest BCUT2D eigenvalue weighted by molar-refractivity contribution is 7.93. The number of hydrogen-bond donors (Lipinski definition) is 3. The highest BCUT2D eigenvalue weighted by Gasteiger charge is 2.70. The molecule has 2 fully saturated rings. The number of carboxylic acids is 1. The van der Waals surface area contributed by atoms with E-state index in [-0.39, 0.29) is 31.0 Å². The summed E-state index contributed by atoms with van der Waals surface area (Å²) in [5.74, 6) is -2.60. The van der Waals surface area contributed by atoms with E-state index in [0.29, 0.717) is 4.73 Å². The van der Waals surface area contributed by atoms with Crippen molar-refractivity contribution in [3.63, 3.8) is 0 Å². The van der Waals surface area contributed by atoms with Crippen molar-refractivity contribution in [2.75, 3.05) is 0 Å². The van der Waals surface area contributed by atoms with E-state index in [1.54, 1.807) is 0 Å². The zero-order valence-corrected chi connectivity index (χ0v) is 17.8. The van der Waals surface area contributed by atoms with Gasteiger partial charge in [-0.3, -0.25) is 14.3 Å². The second-order valence-electron chi connectivity index (χ2n) is 7.77. The van der Waals surface area contributed by atoms with Gasteiger partial charge in [-0.2, -0.15) is 4.73 Å². The molecule has 176 valence electrons. The first kappa shape index (κ1) is 22.3. The minimum absolute atomic E-state index is 0.0110. The molecule has 15 nitrogen and oxygen atoms in total. The summed E-state index contributed by atoms with van der Waals surface area (Å²) in [6.45, 7) is 0.578. The van der Waals surface area contributed by atoms with Gasteiger partial charge >= 0.3 is 5.97 Å². The normalized spacial score (nSPS) is 25.7. The molecule has 2 saturated heterocycles. The lowest BCUT2D eigenvalue weighted by atomic mass is 9.96. The molecule has 0 unspecified atom stereocenters. The molecule has 2 aliphatic rings. The van der Waals surface area contributed by atoms with E-state index in [1.807, 2.05) is 0 Å². The average Bonchev–Trinajstić information content (AvgIpc) is 3.21. The molecule has 0 spiro atoms. The fraction of sp³-hybridized carbons (Fsp3) is 0.412. The number of amides is 1. The summed E-state index contributed by atoms with van der Waals surface area (Å²) >= 11 is 0. The van der Waals surface area contributed by atoms with Crippen molar-refractivity contribution < 1.29 is 38.3 Å². The number of nitrogens with zero attached hydrogens (tertiary/aromatic N) is 6. The molecule has 0 aliphatic carbocycles. The molecule has 3 N–H and O–H groups in total. The van der Waals surface area contributed by atoms with Crippen LogP contribution in [-0.2, 0) is 37.4 Å². The number of hydrogen-bond acceptors (Lipinski definition) is 11. The van der Waals surface area contributed by atoms with E-state index >= 15 is 0 Å². The van der Waals surface area contributed by atoms with Gasteiger partial charge in [-0.15, -0.1) is 5.10 Å². The van der Waals surface area contributed by atoms with Crippen LogP contribution in [0.2, 0.25) is 0 Å². The zero-order chi connectivity index (χ0) is 24.1. The van der Waals surface area contributed by atoms with E-state index in [0.717, 1.165) is 28.1 Å². The van der Waals surface area contributed by atoms with Crippen molar-refractivity contribution in [3.05, 3.63) is 40.1 Å². The summed E-state index contributed by atoms with van der Waals surface area (Å²) in [6, 6.07) is -0.601. The number of aromatic nitrogens is 4. The second-order valence-corrected chi connectivity index (χ2v) is 10.3. The first-order valence-corrected chi connectivity index (χ1v) is 11.0. The molecule has 0 bridgehead atoms. The Bertz CT molecular complexity index is 1330. The number of carbonyl (C=O) groups is 2. The minimum atomic E-state index is -4.00. The standard InChI is InChI=1S/C17H18N6O9S/c1-17(15(16(27)28)23-13(26)3-14(23)33(17,30)31)8-21-5-9(19-20-21)4-18-32-7-10-2-11(24)12(25)6-22(10)29/h2,4-6,14-15,25,29H,3,7-8H2,1H3,(H,27,28)/b18-4+/t14-,15+,17+/m1/s1. The largest absolute Gasteiger partial charge is 0.503 e. The Morgan fingerprint density at radius 1 is 1.39 bits per heavy atom. The second kappa shape index (κ2) is 7.58. The minimum Gasteiger partial charge on any atom is -0.503 e. The number of aromatic hydroxyl groups is 1. The van der Waals surface area contributed by atoms with E-state index in [4.69, 9.17) is 4.84 Å². The van der Waals surface area contributed by atoms with Gasteiger partial charge in [0, 0.05) is 6.07 Å². The predicted molar refractivity (Wildman–Crippen MR) is 106 cm³/mol. The van der Waals surface area contributed by atoms with E-state index in [1.165, 1.54) is 13.1 Å². The van der Waals surface area contributed by atoms with Crippen LogP contribution in [0.4, 0.5) is 0 Å². The molecule has 3 atom stereocenters. The molecule has 2 aromatic heterocycles. The van der Waals surface area contributed by atoms with Crippen LogP contribution in [0.1, 0.15) is 24.7 Å². The van der Waals surface area contributed by atoms with E-state index in [2.05, 4.69) is 15.5 Å². The monoisotopic (exact) mass is 482 g/mol. The van der Waals surface area contributed by atoms with Gasteiger partial charge in [0.1, 0.15) is 21.5 Å². The van der Waals surface area contributed by atoms with Gasteiger partial charge in [-0.25, -0.2) is 13.2 Å². The number of rotatable bonds is 7. The van der Waals surface area contributed by atoms with Crippen LogP contribution in [0.15, 0.2) is 28.4 Å².